The van der Waals surface area contributed by atoms with Gasteiger partial charge in [-0.1, -0.05) is 54.0 Å². The van der Waals surface area contributed by atoms with Gasteiger partial charge in [0.1, 0.15) is 18.2 Å². The molecule has 0 saturated carbocycles. The summed E-state index contributed by atoms with van der Waals surface area (Å²) in [5.74, 6) is -1.14. The number of nitrogens with one attached hydrogen (secondary N) is 2. The number of para-hydroxylation sites is 1. The van der Waals surface area contributed by atoms with E-state index >= 15 is 0 Å². The summed E-state index contributed by atoms with van der Waals surface area (Å²) in [6, 6.07) is 14.8. The number of nitrogens with zero attached hydrogens (tertiary/aromatic N) is 2. The van der Waals surface area contributed by atoms with Gasteiger partial charge in [0, 0.05) is 36.2 Å². The maximum atomic E-state index is 13.8. The Morgan fingerprint density at radius 3 is 2.54 bits per heavy atom. The van der Waals surface area contributed by atoms with Crippen molar-refractivity contribution in [3.8, 4) is 0 Å². The zero-order chi connectivity index (χ0) is 27.9. The quantitative estimate of drug-likeness (QED) is 0.520. The van der Waals surface area contributed by atoms with Crippen LogP contribution in [0.2, 0.25) is 0 Å². The number of carbonyl (C=O) groups is 3. The van der Waals surface area contributed by atoms with Crippen LogP contribution in [0.3, 0.4) is 0 Å². The zero-order valence-electron chi connectivity index (χ0n) is 22.7. The van der Waals surface area contributed by atoms with E-state index in [1.807, 2.05) is 38.1 Å². The molecule has 2 bridgehead atoms. The van der Waals surface area contributed by atoms with Gasteiger partial charge in [-0.3, -0.25) is 19.4 Å². The summed E-state index contributed by atoms with van der Waals surface area (Å²) in [6.45, 7) is 5.87. The van der Waals surface area contributed by atoms with Crippen molar-refractivity contribution in [2.24, 2.45) is 5.92 Å². The summed E-state index contributed by atoms with van der Waals surface area (Å²) in [4.78, 5) is 41.6. The summed E-state index contributed by atoms with van der Waals surface area (Å²) in [6.07, 6.45) is 0.788. The van der Waals surface area contributed by atoms with Crippen LogP contribution in [0.15, 0.2) is 53.0 Å². The van der Waals surface area contributed by atoms with Crippen LogP contribution in [0.5, 0.6) is 0 Å². The van der Waals surface area contributed by atoms with E-state index in [-0.39, 0.29) is 24.2 Å². The smallest absolute Gasteiger partial charge is 0.324 e. The molecule has 0 unspecified atom stereocenters. The Morgan fingerprint density at radius 2 is 1.82 bits per heavy atom. The Morgan fingerprint density at radius 1 is 1.08 bits per heavy atom. The molecule has 0 aromatic heterocycles. The van der Waals surface area contributed by atoms with Gasteiger partial charge < -0.3 is 19.7 Å². The van der Waals surface area contributed by atoms with Crippen molar-refractivity contribution < 1.29 is 23.9 Å². The highest BCUT2D eigenvalue weighted by Crippen LogP contribution is 2.23. The van der Waals surface area contributed by atoms with Crippen LogP contribution in [0, 0.1) is 5.92 Å². The summed E-state index contributed by atoms with van der Waals surface area (Å²) in [5, 5.41) is 4.41. The van der Waals surface area contributed by atoms with Crippen LogP contribution in [0.1, 0.15) is 37.8 Å². The Bertz CT molecular complexity index is 1160. The minimum absolute atomic E-state index is 0.0944. The molecule has 2 N–H and O–H groups in total. The lowest BCUT2D eigenvalue weighted by Crippen LogP contribution is -2.61. The van der Waals surface area contributed by atoms with E-state index in [1.54, 1.807) is 0 Å². The van der Waals surface area contributed by atoms with Crippen molar-refractivity contribution in [2.75, 3.05) is 31.7 Å². The van der Waals surface area contributed by atoms with E-state index < -0.39 is 24.2 Å². The van der Waals surface area contributed by atoms with E-state index in [2.05, 4.69) is 55.8 Å². The second-order valence-electron chi connectivity index (χ2n) is 10.4. The highest BCUT2D eigenvalue weighted by atomic mass is 79.9. The average molecular weight is 602 g/mol. The fraction of sp³-hybridized carbons (Fsp3) is 0.483. The highest BCUT2D eigenvalue weighted by Gasteiger charge is 2.35. The minimum Gasteiger partial charge on any atom is -0.468 e. The number of rotatable bonds is 4. The Hall–Kier alpha value is -2.95. The molecule has 2 aliphatic rings. The van der Waals surface area contributed by atoms with Gasteiger partial charge >= 0.3 is 5.97 Å². The predicted molar refractivity (Wildman–Crippen MR) is 152 cm³/mol. The number of halogens is 1. The number of carbonyl (C=O) groups excluding carboxylic acids is 3. The van der Waals surface area contributed by atoms with E-state index in [1.165, 1.54) is 12.1 Å². The fourth-order valence-corrected chi connectivity index (χ4v) is 5.67. The molecule has 1 fully saturated rings. The molecule has 2 aromatic rings. The molecule has 2 aliphatic heterocycles. The van der Waals surface area contributed by atoms with Crippen LogP contribution in [0.4, 0.5) is 5.69 Å². The molecule has 3 atom stereocenters. The van der Waals surface area contributed by atoms with Gasteiger partial charge in [-0.25, -0.2) is 5.43 Å². The Kier molecular flexibility index (Phi) is 9.99. The van der Waals surface area contributed by atoms with Crippen LogP contribution in [-0.4, -0.2) is 67.8 Å². The number of benzene rings is 2. The van der Waals surface area contributed by atoms with Crippen molar-refractivity contribution >= 4 is 39.4 Å². The van der Waals surface area contributed by atoms with Crippen molar-refractivity contribution in [3.05, 3.63) is 64.1 Å². The van der Waals surface area contributed by atoms with E-state index in [9.17, 15) is 14.4 Å². The largest absolute Gasteiger partial charge is 0.468 e. The van der Waals surface area contributed by atoms with Gasteiger partial charge in [0.15, 0.2) is 0 Å². The molecule has 1 saturated heterocycles. The van der Waals surface area contributed by atoms with Crippen LogP contribution in [0.25, 0.3) is 0 Å². The van der Waals surface area contributed by atoms with Gasteiger partial charge in [-0.05, 0) is 54.2 Å². The average Bonchev–Trinajstić information content (AvgIpc) is 2.93. The number of fused-ring (bicyclic) bond motifs is 2. The Balaban J connectivity index is 1.66. The molecule has 39 heavy (non-hydrogen) atoms. The van der Waals surface area contributed by atoms with Crippen molar-refractivity contribution in [1.82, 2.24) is 15.8 Å². The van der Waals surface area contributed by atoms with E-state index in [0.29, 0.717) is 39.1 Å². The third kappa shape index (κ3) is 7.58. The molecular formula is C29H37BrN4O5. The number of hydrogen-bond donors (Lipinski definition) is 2. The van der Waals surface area contributed by atoms with E-state index in [0.717, 1.165) is 21.3 Å². The van der Waals surface area contributed by atoms with E-state index in [4.69, 9.17) is 9.47 Å². The van der Waals surface area contributed by atoms with Crippen molar-refractivity contribution in [3.63, 3.8) is 0 Å². The standard InChI is InChI=1S/C29H37BrN4O5/c1-19(2)26-27(35)31-25(28(36)34-11-7-10-24(32-34)29(37)38-3)17-20-14-21(16-22(30)15-20)18-33(12-13-39-26)23-8-5-4-6-9-23/h4-6,8-9,14-16,19,24-26,32H,7,10-13,17-18H2,1-3H3,(H,31,35)/t24-,25-,26-/m0/s1. The molecule has 2 amide bonds. The molecular weight excluding hydrogens is 564 g/mol. The fourth-order valence-electron chi connectivity index (χ4n) is 5.08. The van der Waals surface area contributed by atoms with Crippen LogP contribution >= 0.6 is 15.9 Å². The number of esters is 1. The van der Waals surface area contributed by atoms with Crippen LogP contribution < -0.4 is 15.6 Å². The normalized spacial score (nSPS) is 22.8. The first-order chi connectivity index (χ1) is 18.7. The lowest BCUT2D eigenvalue weighted by atomic mass is 10.0. The maximum absolute atomic E-state index is 13.8. The predicted octanol–water partition coefficient (Wildman–Crippen LogP) is 3.21. The maximum Gasteiger partial charge on any atom is 0.324 e. The molecule has 9 nitrogen and oxygen atoms in total. The third-order valence-corrected chi connectivity index (χ3v) is 7.48. The number of methoxy groups -OCH3 is 1. The number of anilines is 1. The topological polar surface area (TPSA) is 100 Å². The molecule has 4 rings (SSSR count). The lowest BCUT2D eigenvalue weighted by Gasteiger charge is -2.35. The van der Waals surface area contributed by atoms with Gasteiger partial charge in [0.25, 0.3) is 5.91 Å². The first kappa shape index (κ1) is 29.0. The number of ether oxygens (including phenoxy) is 2. The van der Waals surface area contributed by atoms with Gasteiger partial charge in [0.05, 0.1) is 13.7 Å². The van der Waals surface area contributed by atoms with Crippen molar-refractivity contribution in [1.29, 1.82) is 0 Å². The second kappa shape index (κ2) is 13.4. The number of amides is 2. The SMILES string of the molecule is COC(=O)[C@@H]1CCCN(C(=O)[C@@H]2Cc3cc(Br)cc(c3)CN(c3ccccc3)CCO[C@@H](C(C)C)C(=O)N2)N1. The summed E-state index contributed by atoms with van der Waals surface area (Å²) >= 11 is 3.64. The lowest BCUT2D eigenvalue weighted by molar-refractivity contribution is -0.151. The molecule has 2 aromatic carbocycles. The van der Waals surface area contributed by atoms with Crippen molar-refractivity contribution in [2.45, 2.75) is 57.8 Å². The zero-order valence-corrected chi connectivity index (χ0v) is 24.3. The molecule has 210 valence electrons. The Labute approximate surface area is 238 Å². The summed E-state index contributed by atoms with van der Waals surface area (Å²) in [5.41, 5.74) is 6.04. The molecule has 10 heteroatoms. The van der Waals surface area contributed by atoms with Gasteiger partial charge in [0.2, 0.25) is 5.91 Å². The monoisotopic (exact) mass is 600 g/mol. The summed E-state index contributed by atoms with van der Waals surface area (Å²) < 4.78 is 11.9. The molecule has 2 heterocycles. The second-order valence-corrected chi connectivity index (χ2v) is 11.3. The van der Waals surface area contributed by atoms with Crippen LogP contribution in [-0.2, 0) is 36.8 Å². The molecule has 0 aliphatic carbocycles. The molecule has 0 radical (unpaired) electrons. The minimum atomic E-state index is -0.848. The first-order valence-electron chi connectivity index (χ1n) is 13.4. The first-order valence-corrected chi connectivity index (χ1v) is 14.2. The summed E-state index contributed by atoms with van der Waals surface area (Å²) in [7, 11) is 1.33. The number of hydrazine groups is 1. The number of hydrogen-bond acceptors (Lipinski definition) is 7. The molecule has 0 spiro atoms. The van der Waals surface area contributed by atoms with Gasteiger partial charge in [-0.15, -0.1) is 0 Å². The highest BCUT2D eigenvalue weighted by molar-refractivity contribution is 9.10. The van der Waals surface area contributed by atoms with Gasteiger partial charge in [-0.2, -0.15) is 0 Å². The third-order valence-electron chi connectivity index (χ3n) is 7.03.